The smallest absolute Gasteiger partial charge is 0.269 e. The number of carbonyl (C=O) groups excluding carboxylic acids is 2. The molecule has 7 heteroatoms. The number of non-ortho nitro benzene ring substituents is 1. The first kappa shape index (κ1) is 27.2. The Balaban J connectivity index is 1.50. The van der Waals surface area contributed by atoms with Crippen molar-refractivity contribution in [3.05, 3.63) is 183 Å². The van der Waals surface area contributed by atoms with Crippen molar-refractivity contribution < 1.29 is 14.5 Å². The quantitative estimate of drug-likeness (QED) is 0.128. The molecule has 2 aliphatic heterocycles. The van der Waals surface area contributed by atoms with Gasteiger partial charge in [0.2, 0.25) is 0 Å². The SMILES string of the molecule is O=C(C1=C(c2ccccc2)[C@@]2(N[C@@H]1c1ccc([N+](=O)[O-])cc1)C(=O)N(Cc1ccccc1)c1ccccc12)c1ccccc1. The number of carbonyl (C=O) groups is 2. The van der Waals surface area contributed by atoms with E-state index in [1.165, 1.54) is 12.1 Å². The lowest BCUT2D eigenvalue weighted by Gasteiger charge is -2.29. The number of amides is 1. The molecule has 0 unspecified atom stereocenters. The number of anilines is 1. The Labute approximate surface area is 254 Å². The van der Waals surface area contributed by atoms with Crippen LogP contribution in [0.3, 0.4) is 0 Å². The monoisotopic (exact) mass is 577 g/mol. The zero-order valence-electron chi connectivity index (χ0n) is 23.6. The minimum atomic E-state index is -1.39. The van der Waals surface area contributed by atoms with Crippen LogP contribution in [0, 0.1) is 10.1 Å². The molecule has 44 heavy (non-hydrogen) atoms. The summed E-state index contributed by atoms with van der Waals surface area (Å²) in [4.78, 5) is 42.4. The molecule has 0 saturated carbocycles. The fraction of sp³-hybridized carbons (Fsp3) is 0.0811. The summed E-state index contributed by atoms with van der Waals surface area (Å²) < 4.78 is 0. The fourth-order valence-corrected chi connectivity index (χ4v) is 6.47. The lowest BCUT2D eigenvalue weighted by Crippen LogP contribution is -2.49. The molecule has 0 bridgehead atoms. The van der Waals surface area contributed by atoms with Gasteiger partial charge in [0, 0.05) is 34.4 Å². The Morgan fingerprint density at radius 3 is 2.02 bits per heavy atom. The minimum Gasteiger partial charge on any atom is -0.305 e. The van der Waals surface area contributed by atoms with Crippen molar-refractivity contribution in [2.75, 3.05) is 4.90 Å². The van der Waals surface area contributed by atoms with E-state index in [4.69, 9.17) is 0 Å². The predicted molar refractivity (Wildman–Crippen MR) is 169 cm³/mol. The minimum absolute atomic E-state index is 0.0546. The number of nitrogens with one attached hydrogen (secondary N) is 1. The third-order valence-electron chi connectivity index (χ3n) is 8.42. The first-order chi connectivity index (χ1) is 21.5. The highest BCUT2D eigenvalue weighted by Crippen LogP contribution is 2.56. The van der Waals surface area contributed by atoms with Gasteiger partial charge in [-0.25, -0.2) is 0 Å². The maximum atomic E-state index is 15.0. The van der Waals surface area contributed by atoms with Crippen LogP contribution < -0.4 is 10.2 Å². The highest BCUT2D eigenvalue weighted by atomic mass is 16.6. The average molecular weight is 578 g/mol. The van der Waals surface area contributed by atoms with Crippen molar-refractivity contribution in [3.63, 3.8) is 0 Å². The Morgan fingerprint density at radius 2 is 1.36 bits per heavy atom. The normalized spacial score (nSPS) is 19.0. The molecular weight excluding hydrogens is 550 g/mol. The second-order valence-corrected chi connectivity index (χ2v) is 10.9. The summed E-state index contributed by atoms with van der Waals surface area (Å²) in [6, 6.07) is 41.5. The number of fused-ring (bicyclic) bond motifs is 2. The Hall–Kier alpha value is -5.66. The van der Waals surface area contributed by atoms with Gasteiger partial charge in [-0.1, -0.05) is 121 Å². The van der Waals surface area contributed by atoms with Crippen molar-refractivity contribution in [1.29, 1.82) is 0 Å². The summed E-state index contributed by atoms with van der Waals surface area (Å²) in [5.74, 6) is -0.409. The number of nitro groups is 1. The highest BCUT2D eigenvalue weighted by Gasteiger charge is 2.60. The molecule has 0 aromatic heterocycles. The van der Waals surface area contributed by atoms with E-state index in [0.29, 0.717) is 28.8 Å². The van der Waals surface area contributed by atoms with Crippen LogP contribution in [0.15, 0.2) is 145 Å². The number of para-hydroxylation sites is 1. The van der Waals surface area contributed by atoms with Gasteiger partial charge in [-0.3, -0.25) is 25.0 Å². The summed E-state index contributed by atoms with van der Waals surface area (Å²) in [5.41, 5.74) is 3.94. The number of hydrogen-bond acceptors (Lipinski definition) is 5. The molecule has 1 spiro atoms. The second-order valence-electron chi connectivity index (χ2n) is 10.9. The molecule has 0 aliphatic carbocycles. The van der Waals surface area contributed by atoms with Gasteiger partial charge in [0.05, 0.1) is 23.2 Å². The second kappa shape index (κ2) is 10.9. The standard InChI is InChI=1S/C37H27N3O4/c41-35(28-16-8-3-9-17-28)32-33(26-14-6-2-7-15-26)37(38-34(32)27-20-22-29(23-21-27)40(43)44)30-18-10-11-19-31(30)39(36(37)42)24-25-12-4-1-5-13-25/h1-23,34,38H,24H2/t34-,37-/m1/s1. The molecule has 0 radical (unpaired) electrons. The van der Waals surface area contributed by atoms with E-state index < -0.39 is 16.5 Å². The first-order valence-corrected chi connectivity index (χ1v) is 14.4. The van der Waals surface area contributed by atoms with E-state index in [2.05, 4.69) is 5.32 Å². The molecule has 0 saturated heterocycles. The van der Waals surface area contributed by atoms with Crippen LogP contribution in [0.1, 0.15) is 38.7 Å². The van der Waals surface area contributed by atoms with Crippen LogP contribution >= 0.6 is 0 Å². The summed E-state index contributed by atoms with van der Waals surface area (Å²) in [5, 5.41) is 15.1. The predicted octanol–water partition coefficient (Wildman–Crippen LogP) is 7.02. The van der Waals surface area contributed by atoms with E-state index >= 15 is 4.79 Å². The maximum absolute atomic E-state index is 15.0. The zero-order chi connectivity index (χ0) is 30.3. The van der Waals surface area contributed by atoms with E-state index in [0.717, 1.165) is 22.4 Å². The van der Waals surface area contributed by atoms with Gasteiger partial charge in [-0.15, -0.1) is 0 Å². The lowest BCUT2D eigenvalue weighted by atomic mass is 9.79. The number of nitrogens with zero attached hydrogens (tertiary/aromatic N) is 2. The molecule has 2 atom stereocenters. The van der Waals surface area contributed by atoms with E-state index in [1.807, 2.05) is 103 Å². The maximum Gasteiger partial charge on any atom is 0.269 e. The molecule has 2 aliphatic rings. The number of Topliss-reactive ketones (excluding diaryl/α,β-unsaturated/α-hetero) is 1. The van der Waals surface area contributed by atoms with Crippen molar-refractivity contribution in [2.24, 2.45) is 0 Å². The number of hydrogen-bond donors (Lipinski definition) is 1. The summed E-state index contributed by atoms with van der Waals surface area (Å²) in [7, 11) is 0. The summed E-state index contributed by atoms with van der Waals surface area (Å²) >= 11 is 0. The summed E-state index contributed by atoms with van der Waals surface area (Å²) in [6.45, 7) is 0.354. The van der Waals surface area contributed by atoms with Crippen molar-refractivity contribution in [2.45, 2.75) is 18.1 Å². The molecule has 7 rings (SSSR count). The third-order valence-corrected chi connectivity index (χ3v) is 8.42. The van der Waals surface area contributed by atoms with Gasteiger partial charge >= 0.3 is 0 Å². The highest BCUT2D eigenvalue weighted by molar-refractivity contribution is 6.23. The molecule has 0 fully saturated rings. The Kier molecular flexibility index (Phi) is 6.72. The number of rotatable bonds is 7. The number of nitro benzene ring substituents is 1. The van der Waals surface area contributed by atoms with Gasteiger partial charge in [-0.05, 0) is 22.8 Å². The van der Waals surface area contributed by atoms with Crippen LogP contribution in [-0.2, 0) is 16.9 Å². The first-order valence-electron chi connectivity index (χ1n) is 14.4. The fourth-order valence-electron chi connectivity index (χ4n) is 6.47. The van der Waals surface area contributed by atoms with Crippen LogP contribution in [-0.4, -0.2) is 16.6 Å². The van der Waals surface area contributed by atoms with E-state index in [-0.39, 0.29) is 17.4 Å². The molecular formula is C37H27N3O4. The molecule has 1 N–H and O–H groups in total. The molecule has 1 amide bonds. The van der Waals surface area contributed by atoms with Gasteiger partial charge in [-0.2, -0.15) is 0 Å². The average Bonchev–Trinajstić information content (AvgIpc) is 3.55. The van der Waals surface area contributed by atoms with E-state index in [9.17, 15) is 14.9 Å². The summed E-state index contributed by atoms with van der Waals surface area (Å²) in [6.07, 6.45) is 0. The largest absolute Gasteiger partial charge is 0.305 e. The van der Waals surface area contributed by atoms with Gasteiger partial charge < -0.3 is 4.90 Å². The van der Waals surface area contributed by atoms with Crippen LogP contribution in [0.25, 0.3) is 5.57 Å². The van der Waals surface area contributed by atoms with Crippen LogP contribution in [0.5, 0.6) is 0 Å². The van der Waals surface area contributed by atoms with Gasteiger partial charge in [0.15, 0.2) is 11.3 Å². The molecule has 214 valence electrons. The molecule has 2 heterocycles. The van der Waals surface area contributed by atoms with Crippen molar-refractivity contribution in [3.8, 4) is 0 Å². The molecule has 7 nitrogen and oxygen atoms in total. The topological polar surface area (TPSA) is 92.5 Å². The van der Waals surface area contributed by atoms with E-state index in [1.54, 1.807) is 29.2 Å². The Bertz CT molecular complexity index is 1920. The van der Waals surface area contributed by atoms with Crippen LogP contribution in [0.4, 0.5) is 11.4 Å². The number of ketones is 1. The molecule has 5 aromatic carbocycles. The zero-order valence-corrected chi connectivity index (χ0v) is 23.6. The Morgan fingerprint density at radius 1 is 0.773 bits per heavy atom. The van der Waals surface area contributed by atoms with Crippen LogP contribution in [0.2, 0.25) is 0 Å². The lowest BCUT2D eigenvalue weighted by molar-refractivity contribution is -0.384. The van der Waals surface area contributed by atoms with Gasteiger partial charge in [0.25, 0.3) is 11.6 Å². The van der Waals surface area contributed by atoms with Crippen molar-refractivity contribution >= 4 is 28.6 Å². The van der Waals surface area contributed by atoms with Gasteiger partial charge in [0.1, 0.15) is 0 Å². The third kappa shape index (κ3) is 4.33. The number of benzene rings is 5. The molecule has 5 aromatic rings. The van der Waals surface area contributed by atoms with Crippen molar-refractivity contribution in [1.82, 2.24) is 5.32 Å².